The minimum atomic E-state index is -3.25. The highest BCUT2D eigenvalue weighted by Gasteiger charge is 2.69. The van der Waals surface area contributed by atoms with E-state index >= 15 is 0 Å². The van der Waals surface area contributed by atoms with Crippen LogP contribution in [0, 0.1) is 0 Å². The predicted octanol–water partition coefficient (Wildman–Crippen LogP) is 8.80. The average Bonchev–Trinajstić information content (AvgIpc) is 3.34. The number of fused-ring (bicyclic) bond motifs is 1. The largest absolute Gasteiger partial charge is 0.374 e. The molecule has 0 amide bonds. The van der Waals surface area contributed by atoms with Crippen LogP contribution < -0.4 is 0 Å². The highest BCUT2D eigenvalue weighted by atomic mass is 28.4. The van der Waals surface area contributed by atoms with E-state index in [4.69, 9.17) is 18.3 Å². The minimum absolute atomic E-state index is 0.554. The molecular formula is C38H42O4Si. The lowest BCUT2D eigenvalue weighted by molar-refractivity contribution is -0.179. The Hall–Kier alpha value is -3.32. The molecule has 2 aliphatic rings. The molecule has 0 aliphatic carbocycles. The van der Waals surface area contributed by atoms with E-state index < -0.39 is 37.8 Å². The van der Waals surface area contributed by atoms with Gasteiger partial charge < -0.3 is 18.3 Å². The summed E-state index contributed by atoms with van der Waals surface area (Å²) < 4.78 is 29.8. The normalized spacial score (nSPS) is 25.9. The molecule has 4 aromatic rings. The Morgan fingerprint density at radius 1 is 0.605 bits per heavy atom. The number of benzene rings is 4. The monoisotopic (exact) mass is 590 g/mol. The van der Waals surface area contributed by atoms with Crippen LogP contribution in [0.25, 0.3) is 0 Å². The first-order chi connectivity index (χ1) is 20.8. The molecule has 0 aromatic heterocycles. The molecular weight excluding hydrogens is 549 g/mol. The zero-order valence-corrected chi connectivity index (χ0v) is 26.8. The van der Waals surface area contributed by atoms with Gasteiger partial charge in [0, 0.05) is 0 Å². The van der Waals surface area contributed by atoms with Gasteiger partial charge in [-0.05, 0) is 60.7 Å². The van der Waals surface area contributed by atoms with Crippen LogP contribution in [0.5, 0.6) is 0 Å². The Bertz CT molecular complexity index is 1350. The first kappa shape index (κ1) is 29.7. The second kappa shape index (κ2) is 11.6. The Balaban J connectivity index is 1.77. The van der Waals surface area contributed by atoms with Crippen molar-refractivity contribution in [2.24, 2.45) is 0 Å². The van der Waals surface area contributed by atoms with Crippen LogP contribution in [0.3, 0.4) is 0 Å². The molecule has 2 aliphatic heterocycles. The van der Waals surface area contributed by atoms with Crippen molar-refractivity contribution in [1.29, 1.82) is 0 Å². The van der Waals surface area contributed by atoms with Gasteiger partial charge in [-0.1, -0.05) is 141 Å². The van der Waals surface area contributed by atoms with Gasteiger partial charge in [-0.25, -0.2) is 0 Å². The molecule has 5 heteroatoms. The molecule has 222 valence electrons. The average molecular weight is 591 g/mol. The lowest BCUT2D eigenvalue weighted by atomic mass is 9.72. The van der Waals surface area contributed by atoms with Gasteiger partial charge in [0.25, 0.3) is 0 Å². The first-order valence-electron chi connectivity index (χ1n) is 15.5. The molecule has 0 spiro atoms. The Kier molecular flexibility index (Phi) is 8.05. The van der Waals surface area contributed by atoms with E-state index in [1.165, 1.54) is 5.20 Å². The number of hydrogen-bond acceptors (Lipinski definition) is 4. The van der Waals surface area contributed by atoms with Crippen molar-refractivity contribution in [2.45, 2.75) is 76.3 Å². The minimum Gasteiger partial charge on any atom is -0.374 e. The maximum Gasteiger partial charge on any atom is 0.366 e. The molecule has 4 aromatic carbocycles. The number of allylic oxidation sites excluding steroid dienone is 2. The van der Waals surface area contributed by atoms with Crippen LogP contribution in [0.4, 0.5) is 0 Å². The number of hydrogen-bond donors (Lipinski definition) is 0. The van der Waals surface area contributed by atoms with Crippen LogP contribution in [-0.2, 0) is 29.5 Å². The lowest BCUT2D eigenvalue weighted by Crippen LogP contribution is -2.53. The third-order valence-corrected chi connectivity index (χ3v) is 12.0. The number of rotatable bonds is 7. The SMILES string of the molecule is CC/C=C(\CC)[Si]1(C)OC(c2ccccc2)(c2ccccc2)C2OC(C)(C)OC2C(c2ccccc2)(c2ccccc2)O1. The maximum atomic E-state index is 7.81. The van der Waals surface area contributed by atoms with Crippen molar-refractivity contribution in [1.82, 2.24) is 0 Å². The summed E-state index contributed by atoms with van der Waals surface area (Å²) in [4.78, 5) is 0. The fourth-order valence-electron chi connectivity index (χ4n) is 7.10. The second-order valence-electron chi connectivity index (χ2n) is 12.1. The summed E-state index contributed by atoms with van der Waals surface area (Å²) in [6.07, 6.45) is 2.90. The molecule has 0 bridgehead atoms. The van der Waals surface area contributed by atoms with Crippen LogP contribution in [-0.4, -0.2) is 26.6 Å². The van der Waals surface area contributed by atoms with Gasteiger partial charge in [-0.3, -0.25) is 0 Å². The molecule has 2 fully saturated rings. The fraction of sp³-hybridized carbons (Fsp3) is 0.316. The van der Waals surface area contributed by atoms with E-state index in [2.05, 4.69) is 124 Å². The van der Waals surface area contributed by atoms with Crippen LogP contribution >= 0.6 is 0 Å². The summed E-state index contributed by atoms with van der Waals surface area (Å²) in [5.74, 6) is -0.895. The van der Waals surface area contributed by atoms with Gasteiger partial charge in [-0.2, -0.15) is 0 Å². The maximum absolute atomic E-state index is 7.81. The van der Waals surface area contributed by atoms with Crippen LogP contribution in [0.1, 0.15) is 62.8 Å². The highest BCUT2D eigenvalue weighted by Crippen LogP contribution is 2.58. The molecule has 0 saturated carbocycles. The Morgan fingerprint density at radius 3 is 1.21 bits per heavy atom. The zero-order valence-electron chi connectivity index (χ0n) is 25.8. The smallest absolute Gasteiger partial charge is 0.366 e. The highest BCUT2D eigenvalue weighted by molar-refractivity contribution is 6.74. The van der Waals surface area contributed by atoms with Gasteiger partial charge in [0.1, 0.15) is 23.4 Å². The summed E-state index contributed by atoms with van der Waals surface area (Å²) >= 11 is 0. The second-order valence-corrected chi connectivity index (χ2v) is 15.0. The number of ether oxygens (including phenoxy) is 2. The molecule has 2 atom stereocenters. The quantitative estimate of drug-likeness (QED) is 0.202. The molecule has 43 heavy (non-hydrogen) atoms. The van der Waals surface area contributed by atoms with E-state index in [1.807, 2.05) is 38.1 Å². The molecule has 2 saturated heterocycles. The summed E-state index contributed by atoms with van der Waals surface area (Å²) in [5.41, 5.74) is 2.03. The summed E-state index contributed by atoms with van der Waals surface area (Å²) in [7, 11) is -3.25. The van der Waals surface area contributed by atoms with Crippen molar-refractivity contribution in [3.8, 4) is 0 Å². The third-order valence-electron chi connectivity index (χ3n) is 8.83. The molecule has 6 rings (SSSR count). The van der Waals surface area contributed by atoms with Crippen molar-refractivity contribution in [2.75, 3.05) is 0 Å². The van der Waals surface area contributed by atoms with Crippen molar-refractivity contribution < 1.29 is 18.3 Å². The van der Waals surface area contributed by atoms with Crippen molar-refractivity contribution in [3.05, 3.63) is 155 Å². The molecule has 2 heterocycles. The topological polar surface area (TPSA) is 36.9 Å². The van der Waals surface area contributed by atoms with Crippen molar-refractivity contribution >= 4 is 8.56 Å². The summed E-state index contributed by atoms with van der Waals surface area (Å²) in [5, 5.41) is 1.21. The van der Waals surface area contributed by atoms with Gasteiger partial charge in [0.05, 0.1) is 0 Å². The van der Waals surface area contributed by atoms with Gasteiger partial charge in [0.2, 0.25) is 0 Å². The van der Waals surface area contributed by atoms with E-state index in [0.717, 1.165) is 35.1 Å². The summed E-state index contributed by atoms with van der Waals surface area (Å²) in [6.45, 7) is 10.6. The van der Waals surface area contributed by atoms with Crippen molar-refractivity contribution in [3.63, 3.8) is 0 Å². The molecule has 2 unspecified atom stereocenters. The standard InChI is InChI=1S/C38H42O4Si/c1-6-20-33(7-2)43(5)41-37(29-21-12-8-13-22-29,30-23-14-9-15-24-30)34-35(40-36(3,4)39-34)38(42-43,31-25-16-10-17-26-31)32-27-18-11-19-28-32/h8-28,34-35H,6-7H2,1-5H3/b33-20+. The predicted molar refractivity (Wildman–Crippen MR) is 174 cm³/mol. The molecule has 0 radical (unpaired) electrons. The lowest BCUT2D eigenvalue weighted by Gasteiger charge is -2.44. The van der Waals surface area contributed by atoms with E-state index in [1.54, 1.807) is 0 Å². The van der Waals surface area contributed by atoms with Gasteiger partial charge >= 0.3 is 8.56 Å². The zero-order chi connectivity index (χ0) is 30.1. The first-order valence-corrected chi connectivity index (χ1v) is 17.8. The van der Waals surface area contributed by atoms with Crippen LogP contribution in [0.2, 0.25) is 6.55 Å². The molecule has 4 nitrogen and oxygen atoms in total. The van der Waals surface area contributed by atoms with E-state index in [9.17, 15) is 0 Å². The summed E-state index contributed by atoms with van der Waals surface area (Å²) in [6, 6.07) is 42.0. The fourth-order valence-corrected chi connectivity index (χ4v) is 10.6. The van der Waals surface area contributed by atoms with Gasteiger partial charge in [-0.15, -0.1) is 0 Å². The van der Waals surface area contributed by atoms with Crippen LogP contribution in [0.15, 0.2) is 133 Å². The Labute approximate surface area is 257 Å². The van der Waals surface area contributed by atoms with E-state index in [-0.39, 0.29) is 0 Å². The third kappa shape index (κ3) is 5.03. The molecule has 0 N–H and O–H groups in total. The van der Waals surface area contributed by atoms with Gasteiger partial charge in [0.15, 0.2) is 5.79 Å². The van der Waals surface area contributed by atoms with E-state index in [0.29, 0.717) is 0 Å². The Morgan fingerprint density at radius 2 is 0.930 bits per heavy atom.